The Kier molecular flexibility index (Phi) is 4.29. The normalized spacial score (nSPS) is 10.5. The van der Waals surface area contributed by atoms with Crippen LogP contribution < -0.4 is 5.32 Å². The Bertz CT molecular complexity index is 628. The van der Waals surface area contributed by atoms with Crippen molar-refractivity contribution >= 4 is 46.2 Å². The molecule has 1 aromatic carbocycles. The lowest BCUT2D eigenvalue weighted by molar-refractivity contribution is 0.0698. The van der Waals surface area contributed by atoms with Crippen molar-refractivity contribution in [3.8, 4) is 0 Å². The van der Waals surface area contributed by atoms with E-state index >= 15 is 0 Å². The number of thiazole rings is 1. The molecule has 0 saturated heterocycles. The van der Waals surface area contributed by atoms with Crippen molar-refractivity contribution < 1.29 is 9.90 Å². The van der Waals surface area contributed by atoms with Crippen molar-refractivity contribution in [2.24, 2.45) is 0 Å². The fraction of sp³-hybridized carbons (Fsp3) is 0.167. The van der Waals surface area contributed by atoms with Gasteiger partial charge in [0.25, 0.3) is 0 Å². The molecule has 100 valence electrons. The third-order valence-corrected chi connectivity index (χ3v) is 3.97. The molecule has 7 heteroatoms. The molecule has 0 fully saturated rings. The van der Waals surface area contributed by atoms with Gasteiger partial charge in [0.1, 0.15) is 5.56 Å². The largest absolute Gasteiger partial charge is 0.478 e. The number of carboxylic acid groups (broad SMARTS) is 1. The van der Waals surface area contributed by atoms with Crippen LogP contribution in [0.3, 0.4) is 0 Å². The number of halogens is 2. The lowest BCUT2D eigenvalue weighted by Gasteiger charge is -2.13. The molecule has 19 heavy (non-hydrogen) atoms. The first-order chi connectivity index (χ1) is 8.99. The zero-order valence-corrected chi connectivity index (χ0v) is 12.2. The van der Waals surface area contributed by atoms with E-state index in [1.165, 1.54) is 11.3 Å². The van der Waals surface area contributed by atoms with E-state index in [-0.39, 0.29) is 10.6 Å². The van der Waals surface area contributed by atoms with Crippen molar-refractivity contribution in [1.29, 1.82) is 0 Å². The summed E-state index contributed by atoms with van der Waals surface area (Å²) >= 11 is 13.0. The lowest BCUT2D eigenvalue weighted by atomic mass is 10.1. The van der Waals surface area contributed by atoms with Crippen LogP contribution in [0.2, 0.25) is 9.49 Å². The summed E-state index contributed by atoms with van der Waals surface area (Å²) in [6, 6.07) is 3.35. The standard InChI is InChI=1S/C12H10Cl2N2O2S/c1-6-2-3-8(13)9(11(17)18)10(6)15-4-7-5-16-12(14)19-7/h2-3,5,15H,4H2,1H3,(H,17,18). The molecule has 1 heterocycles. The summed E-state index contributed by atoms with van der Waals surface area (Å²) in [4.78, 5) is 16.1. The second-order valence-corrected chi connectivity index (χ2v) is 5.96. The number of hydrogen-bond donors (Lipinski definition) is 2. The molecule has 1 aromatic heterocycles. The number of nitrogens with zero attached hydrogens (tertiary/aromatic N) is 1. The molecule has 0 saturated carbocycles. The molecule has 4 nitrogen and oxygen atoms in total. The molecule has 0 atom stereocenters. The molecule has 0 aliphatic carbocycles. The number of nitrogens with one attached hydrogen (secondary N) is 1. The monoisotopic (exact) mass is 316 g/mol. The number of aromatic carboxylic acids is 1. The highest BCUT2D eigenvalue weighted by molar-refractivity contribution is 7.15. The zero-order valence-electron chi connectivity index (χ0n) is 9.91. The van der Waals surface area contributed by atoms with Gasteiger partial charge in [-0.05, 0) is 18.6 Å². The fourth-order valence-electron chi connectivity index (χ4n) is 1.66. The first kappa shape index (κ1) is 14.1. The summed E-state index contributed by atoms with van der Waals surface area (Å²) in [7, 11) is 0. The van der Waals surface area contributed by atoms with Gasteiger partial charge in [0.2, 0.25) is 0 Å². The number of rotatable bonds is 4. The Morgan fingerprint density at radius 3 is 2.79 bits per heavy atom. The third kappa shape index (κ3) is 3.18. The van der Waals surface area contributed by atoms with Crippen molar-refractivity contribution in [1.82, 2.24) is 4.98 Å². The maximum absolute atomic E-state index is 11.3. The fourth-order valence-corrected chi connectivity index (χ4v) is 2.82. The quantitative estimate of drug-likeness (QED) is 0.892. The Morgan fingerprint density at radius 1 is 1.47 bits per heavy atom. The van der Waals surface area contributed by atoms with Crippen LogP contribution in [0.1, 0.15) is 20.8 Å². The SMILES string of the molecule is Cc1ccc(Cl)c(C(=O)O)c1NCc1cnc(Cl)s1. The second-order valence-electron chi connectivity index (χ2n) is 3.85. The second kappa shape index (κ2) is 5.77. The molecule has 0 aliphatic rings. The molecular formula is C12H10Cl2N2O2S. The van der Waals surface area contributed by atoms with Crippen LogP contribution in [0.15, 0.2) is 18.3 Å². The van der Waals surface area contributed by atoms with Crippen LogP contribution in [-0.2, 0) is 6.54 Å². The topological polar surface area (TPSA) is 62.2 Å². The van der Waals surface area contributed by atoms with Gasteiger partial charge in [-0.15, -0.1) is 11.3 Å². The van der Waals surface area contributed by atoms with E-state index < -0.39 is 5.97 Å². The number of aromatic nitrogens is 1. The number of carbonyl (C=O) groups is 1. The van der Waals surface area contributed by atoms with Gasteiger partial charge in [0.15, 0.2) is 4.47 Å². The molecule has 0 unspecified atom stereocenters. The van der Waals surface area contributed by atoms with Crippen LogP contribution in [0.25, 0.3) is 0 Å². The highest BCUT2D eigenvalue weighted by Gasteiger charge is 2.16. The van der Waals surface area contributed by atoms with E-state index in [0.29, 0.717) is 16.7 Å². The third-order valence-electron chi connectivity index (χ3n) is 2.54. The Hall–Kier alpha value is -1.30. The maximum Gasteiger partial charge on any atom is 0.339 e. The summed E-state index contributed by atoms with van der Waals surface area (Å²) < 4.78 is 0.457. The smallest absolute Gasteiger partial charge is 0.339 e. The van der Waals surface area contributed by atoms with Crippen LogP contribution in [-0.4, -0.2) is 16.1 Å². The molecule has 0 aliphatic heterocycles. The Labute approximate surface area is 124 Å². The maximum atomic E-state index is 11.3. The van der Waals surface area contributed by atoms with Crippen molar-refractivity contribution in [2.75, 3.05) is 5.32 Å². The molecule has 2 N–H and O–H groups in total. The van der Waals surface area contributed by atoms with Gasteiger partial charge in [-0.1, -0.05) is 29.3 Å². The number of aryl methyl sites for hydroxylation is 1. The first-order valence-corrected chi connectivity index (χ1v) is 6.92. The van der Waals surface area contributed by atoms with Gasteiger partial charge < -0.3 is 10.4 Å². The summed E-state index contributed by atoms with van der Waals surface area (Å²) in [5.74, 6) is -1.06. The van der Waals surface area contributed by atoms with Gasteiger partial charge in [0, 0.05) is 11.1 Å². The molecule has 0 radical (unpaired) electrons. The van der Waals surface area contributed by atoms with Gasteiger partial charge >= 0.3 is 5.97 Å². The number of hydrogen-bond acceptors (Lipinski definition) is 4. The summed E-state index contributed by atoms with van der Waals surface area (Å²) in [5, 5.41) is 12.5. The van der Waals surface area contributed by atoms with E-state index in [4.69, 9.17) is 23.2 Å². The minimum Gasteiger partial charge on any atom is -0.478 e. The predicted molar refractivity (Wildman–Crippen MR) is 77.6 cm³/mol. The Morgan fingerprint density at radius 2 is 2.21 bits per heavy atom. The molecule has 0 amide bonds. The van der Waals surface area contributed by atoms with Gasteiger partial charge in [-0.25, -0.2) is 9.78 Å². The minimum absolute atomic E-state index is 0.0808. The predicted octanol–water partition coefficient (Wildman–Crippen LogP) is 4.07. The summed E-state index contributed by atoms with van der Waals surface area (Å²) in [5.41, 5.74) is 1.42. The van der Waals surface area contributed by atoms with E-state index in [9.17, 15) is 9.90 Å². The van der Waals surface area contributed by atoms with Gasteiger partial charge in [0.05, 0.1) is 17.3 Å². The average Bonchev–Trinajstić information content (AvgIpc) is 2.75. The van der Waals surface area contributed by atoms with E-state index in [1.54, 1.807) is 18.3 Å². The molecule has 0 bridgehead atoms. The highest BCUT2D eigenvalue weighted by Crippen LogP contribution is 2.29. The van der Waals surface area contributed by atoms with Crippen LogP contribution >= 0.6 is 34.5 Å². The summed E-state index contributed by atoms with van der Waals surface area (Å²) in [6.45, 7) is 2.27. The van der Waals surface area contributed by atoms with Crippen molar-refractivity contribution in [3.63, 3.8) is 0 Å². The zero-order chi connectivity index (χ0) is 14.0. The van der Waals surface area contributed by atoms with E-state index in [2.05, 4.69) is 10.3 Å². The molecule has 2 rings (SSSR count). The highest BCUT2D eigenvalue weighted by atomic mass is 35.5. The lowest BCUT2D eigenvalue weighted by Crippen LogP contribution is -2.08. The average molecular weight is 317 g/mol. The van der Waals surface area contributed by atoms with E-state index in [1.807, 2.05) is 6.92 Å². The summed E-state index contributed by atoms with van der Waals surface area (Å²) in [6.07, 6.45) is 1.65. The van der Waals surface area contributed by atoms with Crippen molar-refractivity contribution in [3.05, 3.63) is 43.8 Å². The van der Waals surface area contributed by atoms with Crippen LogP contribution in [0, 0.1) is 6.92 Å². The van der Waals surface area contributed by atoms with Crippen LogP contribution in [0.4, 0.5) is 5.69 Å². The number of carboxylic acids is 1. The van der Waals surface area contributed by atoms with Crippen LogP contribution in [0.5, 0.6) is 0 Å². The minimum atomic E-state index is -1.06. The van der Waals surface area contributed by atoms with Gasteiger partial charge in [-0.2, -0.15) is 0 Å². The number of anilines is 1. The molecule has 0 spiro atoms. The van der Waals surface area contributed by atoms with Gasteiger partial charge in [-0.3, -0.25) is 0 Å². The molecule has 2 aromatic rings. The van der Waals surface area contributed by atoms with Crippen molar-refractivity contribution in [2.45, 2.75) is 13.5 Å². The van der Waals surface area contributed by atoms with E-state index in [0.717, 1.165) is 10.4 Å². The Balaban J connectivity index is 2.28. The number of benzene rings is 1. The molecular weight excluding hydrogens is 307 g/mol. The first-order valence-electron chi connectivity index (χ1n) is 5.35.